The molecule has 3 rings (SSSR count). The molecule has 1 aliphatic rings. The SMILES string of the molecule is O=C(COc1ccccc1)NC[C@@H](c1cccs1)N1CCCCC1. The molecule has 2 aromatic rings. The van der Waals surface area contributed by atoms with E-state index >= 15 is 0 Å². The number of likely N-dealkylation sites (tertiary alicyclic amines) is 1. The van der Waals surface area contributed by atoms with Gasteiger partial charge in [-0.3, -0.25) is 9.69 Å². The Kier molecular flexibility index (Phi) is 6.26. The fourth-order valence-corrected chi connectivity index (χ4v) is 3.91. The van der Waals surface area contributed by atoms with Crippen LogP contribution < -0.4 is 10.1 Å². The highest BCUT2D eigenvalue weighted by Crippen LogP contribution is 2.27. The monoisotopic (exact) mass is 344 g/mol. The van der Waals surface area contributed by atoms with Crippen molar-refractivity contribution in [2.45, 2.75) is 25.3 Å². The lowest BCUT2D eigenvalue weighted by Gasteiger charge is -2.34. The largest absolute Gasteiger partial charge is 0.484 e. The Morgan fingerprint density at radius 3 is 2.62 bits per heavy atom. The van der Waals surface area contributed by atoms with Gasteiger partial charge in [-0.1, -0.05) is 30.7 Å². The quantitative estimate of drug-likeness (QED) is 0.836. The van der Waals surface area contributed by atoms with Crippen LogP contribution in [-0.2, 0) is 4.79 Å². The van der Waals surface area contributed by atoms with Crippen LogP contribution in [0.15, 0.2) is 47.8 Å². The molecule has 2 heterocycles. The fraction of sp³-hybridized carbons (Fsp3) is 0.421. The van der Waals surface area contributed by atoms with Crippen LogP contribution in [0.3, 0.4) is 0 Å². The van der Waals surface area contributed by atoms with Crippen LogP contribution in [0, 0.1) is 0 Å². The third-order valence-electron chi connectivity index (χ3n) is 4.31. The lowest BCUT2D eigenvalue weighted by Crippen LogP contribution is -2.41. The van der Waals surface area contributed by atoms with Crippen molar-refractivity contribution in [1.29, 1.82) is 0 Å². The van der Waals surface area contributed by atoms with Gasteiger partial charge in [-0.2, -0.15) is 0 Å². The molecule has 0 bridgehead atoms. The van der Waals surface area contributed by atoms with E-state index in [9.17, 15) is 4.79 Å². The van der Waals surface area contributed by atoms with Gasteiger partial charge in [-0.15, -0.1) is 11.3 Å². The van der Waals surface area contributed by atoms with Gasteiger partial charge in [0.25, 0.3) is 5.91 Å². The fourth-order valence-electron chi connectivity index (χ4n) is 3.05. The van der Waals surface area contributed by atoms with Crippen LogP contribution in [0.1, 0.15) is 30.2 Å². The molecule has 1 saturated heterocycles. The van der Waals surface area contributed by atoms with Crippen LogP contribution in [0.5, 0.6) is 5.75 Å². The van der Waals surface area contributed by atoms with Gasteiger partial charge in [-0.25, -0.2) is 0 Å². The first-order valence-corrected chi connectivity index (χ1v) is 9.43. The second-order valence-corrected chi connectivity index (χ2v) is 7.01. The smallest absolute Gasteiger partial charge is 0.258 e. The molecule has 128 valence electrons. The number of para-hydroxylation sites is 1. The van der Waals surface area contributed by atoms with Gasteiger partial charge >= 0.3 is 0 Å². The molecule has 5 heteroatoms. The Morgan fingerprint density at radius 1 is 1.12 bits per heavy atom. The Bertz CT molecular complexity index is 610. The lowest BCUT2D eigenvalue weighted by atomic mass is 10.1. The molecule has 1 aromatic heterocycles. The van der Waals surface area contributed by atoms with Crippen LogP contribution in [0.2, 0.25) is 0 Å². The molecule has 0 spiro atoms. The predicted octanol–water partition coefficient (Wildman–Crippen LogP) is 3.47. The number of nitrogens with one attached hydrogen (secondary N) is 1. The van der Waals surface area contributed by atoms with Crippen LogP contribution >= 0.6 is 11.3 Å². The van der Waals surface area contributed by atoms with Crippen molar-refractivity contribution in [3.8, 4) is 5.75 Å². The first-order valence-electron chi connectivity index (χ1n) is 8.55. The topological polar surface area (TPSA) is 41.6 Å². The minimum absolute atomic E-state index is 0.0567. The number of hydrogen-bond acceptors (Lipinski definition) is 4. The Morgan fingerprint density at radius 2 is 1.92 bits per heavy atom. The van der Waals surface area contributed by atoms with Crippen molar-refractivity contribution >= 4 is 17.2 Å². The molecular formula is C19H24N2O2S. The zero-order chi connectivity index (χ0) is 16.6. The van der Waals surface area contributed by atoms with E-state index in [-0.39, 0.29) is 18.6 Å². The normalized spacial score (nSPS) is 16.5. The summed E-state index contributed by atoms with van der Waals surface area (Å²) in [5.74, 6) is 0.649. The average Bonchev–Trinajstić information content (AvgIpc) is 3.16. The molecule has 0 radical (unpaired) electrons. The number of carbonyl (C=O) groups excluding carboxylic acids is 1. The molecular weight excluding hydrogens is 320 g/mol. The number of thiophene rings is 1. The highest BCUT2D eigenvalue weighted by Gasteiger charge is 2.23. The number of carbonyl (C=O) groups is 1. The summed E-state index contributed by atoms with van der Waals surface area (Å²) in [4.78, 5) is 15.9. The summed E-state index contributed by atoms with van der Waals surface area (Å²) in [6.07, 6.45) is 3.80. The zero-order valence-electron chi connectivity index (χ0n) is 13.8. The van der Waals surface area contributed by atoms with Gasteiger partial charge in [0.15, 0.2) is 6.61 Å². The minimum Gasteiger partial charge on any atom is -0.484 e. The van der Waals surface area contributed by atoms with Crippen LogP contribution in [0.4, 0.5) is 0 Å². The maximum absolute atomic E-state index is 12.1. The van der Waals surface area contributed by atoms with E-state index in [0.717, 1.165) is 18.8 Å². The van der Waals surface area contributed by atoms with E-state index in [1.807, 2.05) is 30.3 Å². The molecule has 1 N–H and O–H groups in total. The molecule has 1 aliphatic heterocycles. The van der Waals surface area contributed by atoms with Gasteiger partial charge in [0.1, 0.15) is 5.75 Å². The van der Waals surface area contributed by atoms with E-state index in [4.69, 9.17) is 4.74 Å². The second kappa shape index (κ2) is 8.85. The summed E-state index contributed by atoms with van der Waals surface area (Å²) >= 11 is 1.76. The van der Waals surface area contributed by atoms with Crippen molar-refractivity contribution in [2.75, 3.05) is 26.2 Å². The van der Waals surface area contributed by atoms with Crippen molar-refractivity contribution in [3.63, 3.8) is 0 Å². The minimum atomic E-state index is -0.0718. The number of hydrogen-bond donors (Lipinski definition) is 1. The summed E-state index contributed by atoms with van der Waals surface area (Å²) in [5, 5.41) is 5.14. The van der Waals surface area contributed by atoms with Crippen LogP contribution in [-0.4, -0.2) is 37.0 Å². The van der Waals surface area contributed by atoms with Gasteiger partial charge in [0.05, 0.1) is 6.04 Å². The van der Waals surface area contributed by atoms with E-state index < -0.39 is 0 Å². The van der Waals surface area contributed by atoms with Crippen LogP contribution in [0.25, 0.3) is 0 Å². The molecule has 1 aromatic carbocycles. The third-order valence-corrected chi connectivity index (χ3v) is 5.28. The van der Waals surface area contributed by atoms with E-state index in [0.29, 0.717) is 6.54 Å². The predicted molar refractivity (Wildman–Crippen MR) is 97.4 cm³/mol. The van der Waals surface area contributed by atoms with Gasteiger partial charge < -0.3 is 10.1 Å². The maximum Gasteiger partial charge on any atom is 0.258 e. The van der Waals surface area contributed by atoms with E-state index in [1.54, 1.807) is 11.3 Å². The Balaban J connectivity index is 1.52. The average molecular weight is 344 g/mol. The first-order chi connectivity index (χ1) is 11.8. The molecule has 24 heavy (non-hydrogen) atoms. The number of ether oxygens (including phenoxy) is 1. The number of rotatable bonds is 7. The molecule has 0 unspecified atom stereocenters. The Labute approximate surface area is 147 Å². The van der Waals surface area contributed by atoms with Gasteiger partial charge in [0.2, 0.25) is 0 Å². The molecule has 1 amide bonds. The lowest BCUT2D eigenvalue weighted by molar-refractivity contribution is -0.123. The summed E-state index contributed by atoms with van der Waals surface area (Å²) < 4.78 is 5.51. The molecule has 0 aliphatic carbocycles. The van der Waals surface area contributed by atoms with E-state index in [1.165, 1.54) is 24.1 Å². The molecule has 1 fully saturated rings. The Hall–Kier alpha value is -1.85. The summed E-state index contributed by atoms with van der Waals surface area (Å²) in [6, 6.07) is 14.0. The number of piperidine rings is 1. The number of nitrogens with zero attached hydrogens (tertiary/aromatic N) is 1. The molecule has 0 saturated carbocycles. The first kappa shape index (κ1) is 17.0. The number of amides is 1. The molecule has 1 atom stereocenters. The highest BCUT2D eigenvalue weighted by atomic mass is 32.1. The van der Waals surface area contributed by atoms with Gasteiger partial charge in [-0.05, 0) is 49.5 Å². The van der Waals surface area contributed by atoms with Crippen molar-refractivity contribution in [2.24, 2.45) is 0 Å². The standard InChI is InChI=1S/C19H24N2O2S/c22-19(15-23-16-8-3-1-4-9-16)20-14-17(18-10-7-13-24-18)21-11-5-2-6-12-21/h1,3-4,7-10,13,17H,2,5-6,11-12,14-15H2,(H,20,22)/t17-/m0/s1. The van der Waals surface area contributed by atoms with E-state index in [2.05, 4.69) is 27.7 Å². The zero-order valence-corrected chi connectivity index (χ0v) is 14.6. The summed E-state index contributed by atoms with van der Waals surface area (Å²) in [6.45, 7) is 2.91. The van der Waals surface area contributed by atoms with Crippen molar-refractivity contribution in [1.82, 2.24) is 10.2 Å². The van der Waals surface area contributed by atoms with Gasteiger partial charge in [0, 0.05) is 11.4 Å². The maximum atomic E-state index is 12.1. The van der Waals surface area contributed by atoms with Crippen molar-refractivity contribution in [3.05, 3.63) is 52.7 Å². The second-order valence-electron chi connectivity index (χ2n) is 6.03. The molecule has 4 nitrogen and oxygen atoms in total. The number of benzene rings is 1. The summed E-state index contributed by atoms with van der Waals surface area (Å²) in [5.41, 5.74) is 0. The summed E-state index contributed by atoms with van der Waals surface area (Å²) in [7, 11) is 0. The highest BCUT2D eigenvalue weighted by molar-refractivity contribution is 7.10. The van der Waals surface area contributed by atoms with Crippen molar-refractivity contribution < 1.29 is 9.53 Å². The third kappa shape index (κ3) is 4.82.